The first-order valence-electron chi connectivity index (χ1n) is 4.97. The van der Waals surface area contributed by atoms with Gasteiger partial charge in [-0.15, -0.1) is 10.2 Å². The van der Waals surface area contributed by atoms with Crippen molar-refractivity contribution in [2.24, 2.45) is 5.73 Å². The van der Waals surface area contributed by atoms with Crippen LogP contribution in [0.3, 0.4) is 0 Å². The number of nitrogens with two attached hydrogens (primary N) is 1. The molecule has 3 N–H and O–H groups in total. The molecule has 5 nitrogen and oxygen atoms in total. The first-order valence-corrected chi connectivity index (χ1v) is 7.82. The van der Waals surface area contributed by atoms with Crippen LogP contribution in [0.15, 0.2) is 25.8 Å². The van der Waals surface area contributed by atoms with Gasteiger partial charge in [0, 0.05) is 11.3 Å². The minimum atomic E-state index is 0.0458. The van der Waals surface area contributed by atoms with Crippen molar-refractivity contribution in [1.82, 2.24) is 15.2 Å². The second kappa shape index (κ2) is 5.68. The highest BCUT2D eigenvalue weighted by molar-refractivity contribution is 8.02. The van der Waals surface area contributed by atoms with Crippen LogP contribution < -0.4 is 5.73 Å². The molecule has 2 aromatic heterocycles. The van der Waals surface area contributed by atoms with Crippen LogP contribution >= 0.6 is 34.9 Å². The predicted molar refractivity (Wildman–Crippen MR) is 75.8 cm³/mol. The minimum Gasteiger partial charge on any atom is -0.384 e. The van der Waals surface area contributed by atoms with Gasteiger partial charge in [-0.2, -0.15) is 0 Å². The Kier molecular flexibility index (Phi) is 4.20. The number of nitrogens with zero attached hydrogens (tertiary/aromatic N) is 3. The average molecular weight is 297 g/mol. The lowest BCUT2D eigenvalue weighted by molar-refractivity contribution is 0.952. The molecule has 0 aliphatic carbocycles. The number of thioether (sulfide) groups is 1. The summed E-state index contributed by atoms with van der Waals surface area (Å²) in [5.74, 6) is 0.0458. The molecule has 2 rings (SSSR count). The fourth-order valence-corrected chi connectivity index (χ4v) is 3.72. The second-order valence-electron chi connectivity index (χ2n) is 3.39. The van der Waals surface area contributed by atoms with Crippen LogP contribution in [0, 0.1) is 12.3 Å². The number of hydrogen-bond acceptors (Lipinski definition) is 7. The fraction of sp³-hybridized carbons (Fsp3) is 0.200. The van der Waals surface area contributed by atoms with Gasteiger partial charge >= 0.3 is 0 Å². The normalized spacial score (nSPS) is 10.6. The van der Waals surface area contributed by atoms with Crippen LogP contribution in [0.2, 0.25) is 0 Å². The Morgan fingerprint density at radius 2 is 2.06 bits per heavy atom. The Hall–Kier alpha value is -1.12. The highest BCUT2D eigenvalue weighted by atomic mass is 32.2. The van der Waals surface area contributed by atoms with E-state index in [2.05, 4.69) is 15.2 Å². The number of hydrogen-bond donors (Lipinski definition) is 2. The number of pyridine rings is 1. The van der Waals surface area contributed by atoms with Gasteiger partial charge in [-0.05, 0) is 37.1 Å². The van der Waals surface area contributed by atoms with Crippen molar-refractivity contribution in [2.75, 3.05) is 6.26 Å². The van der Waals surface area contributed by atoms with Crippen molar-refractivity contribution in [3.05, 3.63) is 23.4 Å². The number of rotatable bonds is 4. The molecule has 0 saturated carbocycles. The van der Waals surface area contributed by atoms with Gasteiger partial charge in [-0.25, -0.2) is 4.98 Å². The van der Waals surface area contributed by atoms with E-state index in [1.54, 1.807) is 23.9 Å². The molecule has 0 unspecified atom stereocenters. The molecule has 0 saturated heterocycles. The number of nitrogens with one attached hydrogen (secondary N) is 1. The third kappa shape index (κ3) is 3.21. The number of aryl methyl sites for hydroxylation is 1. The van der Waals surface area contributed by atoms with E-state index in [0.29, 0.717) is 5.56 Å². The van der Waals surface area contributed by atoms with Crippen LogP contribution in [-0.4, -0.2) is 27.3 Å². The van der Waals surface area contributed by atoms with Crippen molar-refractivity contribution < 1.29 is 0 Å². The molecule has 0 amide bonds. The van der Waals surface area contributed by atoms with Gasteiger partial charge in [0.25, 0.3) is 0 Å². The van der Waals surface area contributed by atoms with Crippen LogP contribution in [0.1, 0.15) is 11.3 Å². The van der Waals surface area contributed by atoms with E-state index >= 15 is 0 Å². The van der Waals surface area contributed by atoms with E-state index in [4.69, 9.17) is 11.1 Å². The minimum absolute atomic E-state index is 0.0458. The average Bonchev–Trinajstić information content (AvgIpc) is 2.76. The Bertz CT molecular complexity index is 581. The number of aromatic nitrogens is 3. The Morgan fingerprint density at radius 3 is 2.67 bits per heavy atom. The van der Waals surface area contributed by atoms with Gasteiger partial charge in [-0.3, -0.25) is 5.41 Å². The lowest BCUT2D eigenvalue weighted by atomic mass is 10.2. The molecule has 0 spiro atoms. The van der Waals surface area contributed by atoms with E-state index in [9.17, 15) is 0 Å². The van der Waals surface area contributed by atoms with Crippen LogP contribution in [0.5, 0.6) is 0 Å². The summed E-state index contributed by atoms with van der Waals surface area (Å²) in [4.78, 5) is 4.39. The molecule has 94 valence electrons. The Balaban J connectivity index is 2.25. The zero-order valence-corrected chi connectivity index (χ0v) is 12.2. The lowest BCUT2D eigenvalue weighted by Gasteiger charge is -2.03. The summed E-state index contributed by atoms with van der Waals surface area (Å²) in [6, 6.07) is 3.58. The standard InChI is InChI=1S/C10H11N5S3/c1-5-3-6(8(11)12)4-7(13-5)17-10-15-14-9(16-2)18-10/h3-4H,1-2H3,(H3,11,12). The second-order valence-corrected chi connectivity index (χ2v) is 6.69. The number of nitrogen functional groups attached to an aromatic ring is 1. The molecule has 2 aromatic rings. The van der Waals surface area contributed by atoms with E-state index in [-0.39, 0.29) is 5.84 Å². The van der Waals surface area contributed by atoms with E-state index in [0.717, 1.165) is 19.4 Å². The summed E-state index contributed by atoms with van der Waals surface area (Å²) < 4.78 is 1.77. The van der Waals surface area contributed by atoms with E-state index in [1.165, 1.54) is 23.1 Å². The molecule has 18 heavy (non-hydrogen) atoms. The largest absolute Gasteiger partial charge is 0.384 e. The zero-order chi connectivity index (χ0) is 13.1. The summed E-state index contributed by atoms with van der Waals surface area (Å²) in [5, 5.41) is 16.3. The maximum Gasteiger partial charge on any atom is 0.181 e. The van der Waals surface area contributed by atoms with Crippen LogP contribution in [0.25, 0.3) is 0 Å². The highest BCUT2D eigenvalue weighted by Crippen LogP contribution is 2.32. The van der Waals surface area contributed by atoms with Crippen LogP contribution in [0.4, 0.5) is 0 Å². The molecule has 0 aliphatic heterocycles. The molecule has 0 radical (unpaired) electrons. The third-order valence-corrected chi connectivity index (χ3v) is 4.86. The zero-order valence-electron chi connectivity index (χ0n) is 9.80. The molecule has 2 heterocycles. The molecule has 0 bridgehead atoms. The molecular weight excluding hydrogens is 286 g/mol. The van der Waals surface area contributed by atoms with E-state index in [1.807, 2.05) is 13.2 Å². The van der Waals surface area contributed by atoms with Crippen molar-refractivity contribution >= 4 is 40.7 Å². The van der Waals surface area contributed by atoms with Crippen molar-refractivity contribution in [2.45, 2.75) is 20.6 Å². The molecule has 0 aliphatic rings. The summed E-state index contributed by atoms with van der Waals surface area (Å²) in [6.07, 6.45) is 1.97. The molecule has 0 fully saturated rings. The topological polar surface area (TPSA) is 88.5 Å². The summed E-state index contributed by atoms with van der Waals surface area (Å²) in [7, 11) is 0. The van der Waals surface area contributed by atoms with Gasteiger partial charge < -0.3 is 5.73 Å². The number of amidine groups is 1. The smallest absolute Gasteiger partial charge is 0.181 e. The molecule has 8 heteroatoms. The first kappa shape index (κ1) is 13.3. The van der Waals surface area contributed by atoms with Gasteiger partial charge in [0.2, 0.25) is 0 Å². The summed E-state index contributed by atoms with van der Waals surface area (Å²) in [5.41, 5.74) is 7.00. The Labute approximate surface area is 117 Å². The van der Waals surface area contributed by atoms with Gasteiger partial charge in [0.15, 0.2) is 8.68 Å². The molecule has 0 aromatic carbocycles. The van der Waals surface area contributed by atoms with Crippen LogP contribution in [-0.2, 0) is 0 Å². The van der Waals surface area contributed by atoms with E-state index < -0.39 is 0 Å². The maximum atomic E-state index is 7.45. The van der Waals surface area contributed by atoms with Gasteiger partial charge in [0.05, 0.1) is 0 Å². The molecule has 0 atom stereocenters. The molecular formula is C10H11N5S3. The first-order chi connectivity index (χ1) is 8.58. The predicted octanol–water partition coefficient (Wildman–Crippen LogP) is 2.40. The van der Waals surface area contributed by atoms with Crippen molar-refractivity contribution in [1.29, 1.82) is 5.41 Å². The van der Waals surface area contributed by atoms with Crippen molar-refractivity contribution in [3.63, 3.8) is 0 Å². The quantitative estimate of drug-likeness (QED) is 0.512. The SMILES string of the molecule is CSc1nnc(Sc2cc(C(=N)N)cc(C)n2)s1. The van der Waals surface area contributed by atoms with Gasteiger partial charge in [-0.1, -0.05) is 23.1 Å². The summed E-state index contributed by atoms with van der Waals surface area (Å²) >= 11 is 4.53. The van der Waals surface area contributed by atoms with Crippen molar-refractivity contribution in [3.8, 4) is 0 Å². The monoisotopic (exact) mass is 297 g/mol. The highest BCUT2D eigenvalue weighted by Gasteiger charge is 2.08. The maximum absolute atomic E-state index is 7.45. The Morgan fingerprint density at radius 1 is 1.33 bits per heavy atom. The third-order valence-electron chi connectivity index (χ3n) is 2.00. The summed E-state index contributed by atoms with van der Waals surface area (Å²) in [6.45, 7) is 1.88. The van der Waals surface area contributed by atoms with Gasteiger partial charge in [0.1, 0.15) is 10.9 Å². The lowest BCUT2D eigenvalue weighted by Crippen LogP contribution is -2.11. The fourth-order valence-electron chi connectivity index (χ4n) is 1.26.